The lowest BCUT2D eigenvalue weighted by Gasteiger charge is -2.24. The third-order valence-corrected chi connectivity index (χ3v) is 4.81. The topological polar surface area (TPSA) is 97.6 Å². The van der Waals surface area contributed by atoms with Crippen molar-refractivity contribution in [2.45, 2.75) is 71.8 Å². The number of hydrogen-bond donors (Lipinski definition) is 1. The molecule has 0 aliphatic rings. The van der Waals surface area contributed by atoms with E-state index in [2.05, 4.69) is 15.5 Å². The van der Waals surface area contributed by atoms with Gasteiger partial charge in [0, 0.05) is 13.1 Å². The lowest BCUT2D eigenvalue weighted by Crippen LogP contribution is -2.37. The van der Waals surface area contributed by atoms with Crippen LogP contribution in [0.5, 0.6) is 0 Å². The number of alkyl carbamates (subject to hydrolysis) is 1. The molecule has 0 unspecified atom stereocenters. The Hall–Kier alpha value is -1.77. The van der Waals surface area contributed by atoms with E-state index in [1.54, 1.807) is 25.7 Å². The summed E-state index contributed by atoms with van der Waals surface area (Å²) in [5.41, 5.74) is -0.593. The quantitative estimate of drug-likeness (QED) is 0.632. The number of rotatable bonds is 9. The summed E-state index contributed by atoms with van der Waals surface area (Å²) in [7, 11) is 0. The van der Waals surface area contributed by atoms with E-state index in [0.29, 0.717) is 24.2 Å². The van der Waals surface area contributed by atoms with E-state index >= 15 is 0 Å². The van der Waals surface area contributed by atoms with E-state index in [1.807, 2.05) is 27.7 Å². The number of carbonyl (C=O) groups is 2. The van der Waals surface area contributed by atoms with E-state index in [1.165, 1.54) is 11.8 Å². The van der Waals surface area contributed by atoms with Gasteiger partial charge in [-0.3, -0.25) is 4.79 Å². The number of thioether (sulfide) groups is 1. The van der Waals surface area contributed by atoms with Crippen molar-refractivity contribution in [1.29, 1.82) is 0 Å². The van der Waals surface area contributed by atoms with E-state index in [-0.39, 0.29) is 17.6 Å². The second kappa shape index (κ2) is 10.5. The molecule has 0 radical (unpaired) electrons. The fourth-order valence-electron chi connectivity index (χ4n) is 2.31. The molecule has 0 spiro atoms. The molecule has 1 N–H and O–H groups in total. The maximum absolute atomic E-state index is 12.1. The van der Waals surface area contributed by atoms with Crippen LogP contribution >= 0.6 is 11.8 Å². The molecular formula is C18H32N4O4S. The van der Waals surface area contributed by atoms with Gasteiger partial charge in [-0.2, -0.15) is 0 Å². The van der Waals surface area contributed by atoms with Gasteiger partial charge in [0.05, 0.1) is 5.75 Å². The van der Waals surface area contributed by atoms with Crippen LogP contribution in [-0.4, -0.2) is 51.5 Å². The normalized spacial score (nSPS) is 13.7. The van der Waals surface area contributed by atoms with Crippen molar-refractivity contribution in [1.82, 2.24) is 20.4 Å². The molecule has 2 amide bonds. The van der Waals surface area contributed by atoms with E-state index in [0.717, 1.165) is 6.42 Å². The number of ether oxygens (including phenoxy) is 1. The van der Waals surface area contributed by atoms with E-state index < -0.39 is 17.7 Å². The van der Waals surface area contributed by atoms with Gasteiger partial charge in [0.15, 0.2) is 0 Å². The molecule has 0 aliphatic carbocycles. The minimum atomic E-state index is -0.593. The Labute approximate surface area is 165 Å². The van der Waals surface area contributed by atoms with E-state index in [9.17, 15) is 9.59 Å². The van der Waals surface area contributed by atoms with Crippen LogP contribution in [0.25, 0.3) is 0 Å². The molecule has 0 aromatic carbocycles. The monoisotopic (exact) mass is 400 g/mol. The first-order valence-electron chi connectivity index (χ1n) is 9.34. The molecule has 1 rings (SSSR count). The number of aromatic nitrogens is 2. The van der Waals surface area contributed by atoms with Gasteiger partial charge < -0.3 is 19.4 Å². The van der Waals surface area contributed by atoms with Crippen molar-refractivity contribution in [3.63, 3.8) is 0 Å². The van der Waals surface area contributed by atoms with Crippen LogP contribution < -0.4 is 5.32 Å². The van der Waals surface area contributed by atoms with Crippen molar-refractivity contribution in [2.75, 3.05) is 18.8 Å². The summed E-state index contributed by atoms with van der Waals surface area (Å²) in [6, 6.07) is -0.454. The van der Waals surface area contributed by atoms with Gasteiger partial charge in [0.25, 0.3) is 5.22 Å². The fourth-order valence-corrected chi connectivity index (χ4v) is 2.99. The standard InChI is InChI=1S/C18H32N4O4S/c1-8-12(4)14(19-16(24)26-18(5,6)7)15-20-21-17(25-15)27-11-13(23)22(9-2)10-3/h12,14H,8-11H2,1-7H3,(H,19,24)/t12-,14+/m1/s1. The van der Waals surface area contributed by atoms with Gasteiger partial charge in [-0.1, -0.05) is 32.0 Å². The second-order valence-corrected chi connectivity index (χ2v) is 8.20. The maximum atomic E-state index is 12.1. The van der Waals surface area contributed by atoms with Crippen LogP contribution in [0.3, 0.4) is 0 Å². The van der Waals surface area contributed by atoms with Gasteiger partial charge in [-0.15, -0.1) is 10.2 Å². The molecule has 0 aliphatic heterocycles. The second-order valence-electron chi connectivity index (χ2n) is 7.27. The molecule has 1 aromatic heterocycles. The zero-order valence-corrected chi connectivity index (χ0v) is 18.2. The Morgan fingerprint density at radius 1 is 1.22 bits per heavy atom. The Kier molecular flexibility index (Phi) is 9.08. The number of nitrogens with zero attached hydrogens (tertiary/aromatic N) is 3. The van der Waals surface area contributed by atoms with Crippen LogP contribution in [0.1, 0.15) is 66.8 Å². The van der Waals surface area contributed by atoms with Crippen molar-refractivity contribution in [2.24, 2.45) is 5.92 Å². The van der Waals surface area contributed by atoms with Crippen molar-refractivity contribution >= 4 is 23.8 Å². The lowest BCUT2D eigenvalue weighted by molar-refractivity contribution is -0.127. The molecule has 0 fully saturated rings. The molecule has 0 saturated carbocycles. The molecule has 0 bridgehead atoms. The highest BCUT2D eigenvalue weighted by molar-refractivity contribution is 7.99. The molecule has 1 heterocycles. The van der Waals surface area contributed by atoms with Crippen LogP contribution in [0.2, 0.25) is 0 Å². The Morgan fingerprint density at radius 3 is 2.37 bits per heavy atom. The van der Waals surface area contributed by atoms with Gasteiger partial charge >= 0.3 is 6.09 Å². The smallest absolute Gasteiger partial charge is 0.408 e. The van der Waals surface area contributed by atoms with Crippen LogP contribution in [-0.2, 0) is 9.53 Å². The van der Waals surface area contributed by atoms with Crippen LogP contribution in [0.4, 0.5) is 4.79 Å². The largest absolute Gasteiger partial charge is 0.444 e. The molecule has 1 aromatic rings. The van der Waals surface area contributed by atoms with Gasteiger partial charge in [-0.05, 0) is 40.5 Å². The van der Waals surface area contributed by atoms with E-state index in [4.69, 9.17) is 9.15 Å². The SMILES string of the molecule is CC[C@@H](C)[C@H](NC(=O)OC(C)(C)C)c1nnc(SCC(=O)N(CC)CC)o1. The Bertz CT molecular complexity index is 611. The average Bonchev–Trinajstić information content (AvgIpc) is 3.05. The highest BCUT2D eigenvalue weighted by Crippen LogP contribution is 2.27. The summed E-state index contributed by atoms with van der Waals surface area (Å²) >= 11 is 1.20. The van der Waals surface area contributed by atoms with Gasteiger partial charge in [0.1, 0.15) is 11.6 Å². The molecule has 8 nitrogen and oxygen atoms in total. The number of amides is 2. The maximum Gasteiger partial charge on any atom is 0.408 e. The number of carbonyl (C=O) groups excluding carboxylic acids is 2. The fraction of sp³-hybridized carbons (Fsp3) is 0.778. The highest BCUT2D eigenvalue weighted by Gasteiger charge is 2.28. The number of nitrogens with one attached hydrogen (secondary N) is 1. The first-order valence-corrected chi connectivity index (χ1v) is 10.3. The average molecular weight is 401 g/mol. The van der Waals surface area contributed by atoms with Gasteiger partial charge in [0.2, 0.25) is 11.8 Å². The predicted octanol–water partition coefficient (Wildman–Crippen LogP) is 3.64. The molecule has 27 heavy (non-hydrogen) atoms. The van der Waals surface area contributed by atoms with Crippen LogP contribution in [0, 0.1) is 5.92 Å². The highest BCUT2D eigenvalue weighted by atomic mass is 32.2. The predicted molar refractivity (Wildman–Crippen MR) is 105 cm³/mol. The first-order chi connectivity index (χ1) is 12.6. The summed E-state index contributed by atoms with van der Waals surface area (Å²) in [5.74, 6) is 0.646. The molecule has 9 heteroatoms. The zero-order chi connectivity index (χ0) is 20.6. The minimum absolute atomic E-state index is 0.0232. The van der Waals surface area contributed by atoms with Crippen LogP contribution in [0.15, 0.2) is 9.64 Å². The molecule has 2 atom stereocenters. The summed E-state index contributed by atoms with van der Waals surface area (Å²) in [5, 5.41) is 11.2. The molecule has 0 saturated heterocycles. The summed E-state index contributed by atoms with van der Waals surface area (Å²) in [4.78, 5) is 26.0. The lowest BCUT2D eigenvalue weighted by atomic mass is 9.99. The summed E-state index contributed by atoms with van der Waals surface area (Å²) in [6.07, 6.45) is 0.281. The molecular weight excluding hydrogens is 368 g/mol. The number of hydrogen-bond acceptors (Lipinski definition) is 7. The van der Waals surface area contributed by atoms with Crippen molar-refractivity contribution < 1.29 is 18.7 Å². The Morgan fingerprint density at radius 2 is 1.85 bits per heavy atom. The summed E-state index contributed by atoms with van der Waals surface area (Å²) in [6.45, 7) is 14.6. The zero-order valence-electron chi connectivity index (χ0n) is 17.4. The third-order valence-electron chi connectivity index (χ3n) is 4.01. The summed E-state index contributed by atoms with van der Waals surface area (Å²) < 4.78 is 11.0. The van der Waals surface area contributed by atoms with Crippen molar-refractivity contribution in [3.8, 4) is 0 Å². The third kappa shape index (κ3) is 7.78. The minimum Gasteiger partial charge on any atom is -0.444 e. The molecule has 154 valence electrons. The van der Waals surface area contributed by atoms with Gasteiger partial charge in [-0.25, -0.2) is 4.79 Å². The van der Waals surface area contributed by atoms with Crippen molar-refractivity contribution in [3.05, 3.63) is 5.89 Å². The first kappa shape index (κ1) is 23.3. The Balaban J connectivity index is 2.79.